The summed E-state index contributed by atoms with van der Waals surface area (Å²) in [6, 6.07) is 9.24. The van der Waals surface area contributed by atoms with Gasteiger partial charge in [-0.2, -0.15) is 13.2 Å². The number of anilines is 1. The lowest BCUT2D eigenvalue weighted by molar-refractivity contribution is -0.137. The zero-order chi connectivity index (χ0) is 22.3. The van der Waals surface area contributed by atoms with Crippen molar-refractivity contribution in [1.82, 2.24) is 0 Å². The van der Waals surface area contributed by atoms with E-state index in [0.29, 0.717) is 17.1 Å². The van der Waals surface area contributed by atoms with E-state index in [9.17, 15) is 22.8 Å². The van der Waals surface area contributed by atoms with Crippen LogP contribution < -0.4 is 14.8 Å². The first kappa shape index (κ1) is 22.7. The van der Waals surface area contributed by atoms with Crippen LogP contribution in [-0.2, 0) is 15.8 Å². The number of ether oxygens (including phenoxy) is 2. The summed E-state index contributed by atoms with van der Waals surface area (Å²) in [5, 5.41) is 2.17. The van der Waals surface area contributed by atoms with Crippen LogP contribution in [0, 0.1) is 0 Å². The van der Waals surface area contributed by atoms with E-state index in [-0.39, 0.29) is 12.2 Å². The molecule has 1 amide bonds. The number of amides is 1. The normalized spacial score (nSPS) is 11.6. The second-order valence-electron chi connectivity index (χ2n) is 6.12. The number of carbonyl (C=O) groups excluding carboxylic acids is 2. The molecule has 158 valence electrons. The van der Waals surface area contributed by atoms with Crippen LogP contribution in [0.15, 0.2) is 60.7 Å². The molecular weight excluding hydrogens is 399 g/mol. The molecule has 0 saturated carbocycles. The molecule has 0 aliphatic heterocycles. The Hall–Kier alpha value is -3.55. The van der Waals surface area contributed by atoms with E-state index in [1.807, 2.05) is 0 Å². The highest BCUT2D eigenvalue weighted by atomic mass is 19.4. The first-order valence-electron chi connectivity index (χ1n) is 8.79. The molecule has 0 atom stereocenters. The lowest BCUT2D eigenvalue weighted by Crippen LogP contribution is -2.21. The Bertz CT molecular complexity index is 981. The molecule has 2 aromatic carbocycles. The van der Waals surface area contributed by atoms with Crippen LogP contribution in [0.2, 0.25) is 0 Å². The number of para-hydroxylation sites is 1. The van der Waals surface area contributed by atoms with Gasteiger partial charge in [0.2, 0.25) is 0 Å². The van der Waals surface area contributed by atoms with Crippen molar-refractivity contribution in [2.24, 2.45) is 0 Å². The van der Waals surface area contributed by atoms with Gasteiger partial charge < -0.3 is 14.8 Å². The van der Waals surface area contributed by atoms with Crippen LogP contribution >= 0.6 is 0 Å². The molecule has 0 fully saturated rings. The van der Waals surface area contributed by atoms with Gasteiger partial charge >= 0.3 is 6.18 Å². The summed E-state index contributed by atoms with van der Waals surface area (Å²) in [6.07, 6.45) is -1.82. The van der Waals surface area contributed by atoms with E-state index < -0.39 is 29.1 Å². The number of benzene rings is 2. The molecule has 0 spiro atoms. The Morgan fingerprint density at radius 3 is 2.43 bits per heavy atom. The smallest absolute Gasteiger partial charge is 0.418 e. The second kappa shape index (κ2) is 9.78. The van der Waals surface area contributed by atoms with Gasteiger partial charge in [-0.3, -0.25) is 9.59 Å². The van der Waals surface area contributed by atoms with Crippen LogP contribution in [0.3, 0.4) is 0 Å². The number of halogens is 3. The van der Waals surface area contributed by atoms with Gasteiger partial charge in [-0.05, 0) is 42.8 Å². The Morgan fingerprint density at radius 1 is 1.13 bits per heavy atom. The largest absolute Gasteiger partial charge is 0.493 e. The third-order valence-electron chi connectivity index (χ3n) is 3.96. The van der Waals surface area contributed by atoms with Gasteiger partial charge in [0.1, 0.15) is 6.61 Å². The number of rotatable bonds is 8. The maximum absolute atomic E-state index is 13.2. The minimum Gasteiger partial charge on any atom is -0.493 e. The zero-order valence-corrected chi connectivity index (χ0v) is 16.4. The van der Waals surface area contributed by atoms with Gasteiger partial charge in [-0.25, -0.2) is 0 Å². The van der Waals surface area contributed by atoms with Crippen molar-refractivity contribution in [2.45, 2.75) is 13.1 Å². The molecule has 2 aromatic rings. The maximum Gasteiger partial charge on any atom is 0.418 e. The Balaban J connectivity index is 2.36. The summed E-state index contributed by atoms with van der Waals surface area (Å²) in [4.78, 5) is 24.6. The third-order valence-corrected chi connectivity index (χ3v) is 3.96. The predicted molar refractivity (Wildman–Crippen MR) is 107 cm³/mol. The summed E-state index contributed by atoms with van der Waals surface area (Å²) < 4.78 is 50.1. The fourth-order valence-corrected chi connectivity index (χ4v) is 2.56. The quantitative estimate of drug-likeness (QED) is 0.286. The van der Waals surface area contributed by atoms with E-state index in [1.165, 1.54) is 31.4 Å². The van der Waals surface area contributed by atoms with Crippen LogP contribution in [0.4, 0.5) is 18.9 Å². The van der Waals surface area contributed by atoms with E-state index in [0.717, 1.165) is 19.1 Å². The molecule has 5 nitrogen and oxygen atoms in total. The van der Waals surface area contributed by atoms with Crippen molar-refractivity contribution in [3.05, 3.63) is 71.8 Å². The Labute approximate surface area is 171 Å². The molecule has 0 bridgehead atoms. The van der Waals surface area contributed by atoms with Crippen molar-refractivity contribution in [2.75, 3.05) is 19.0 Å². The molecule has 1 N–H and O–H groups in total. The molecule has 0 aliphatic rings. The van der Waals surface area contributed by atoms with Crippen molar-refractivity contribution in [3.63, 3.8) is 0 Å². The van der Waals surface area contributed by atoms with Gasteiger partial charge in [0.05, 0.1) is 23.9 Å². The topological polar surface area (TPSA) is 64.6 Å². The molecule has 0 unspecified atom stereocenters. The van der Waals surface area contributed by atoms with E-state index >= 15 is 0 Å². The number of nitrogens with one attached hydrogen (secondary N) is 1. The summed E-state index contributed by atoms with van der Waals surface area (Å²) in [6.45, 7) is 4.96. The number of methoxy groups -OCH3 is 1. The average molecular weight is 419 g/mol. The maximum atomic E-state index is 13.2. The highest BCUT2D eigenvalue weighted by molar-refractivity contribution is 6.25. The number of ketones is 1. The molecule has 8 heteroatoms. The van der Waals surface area contributed by atoms with E-state index in [1.54, 1.807) is 18.2 Å². The van der Waals surface area contributed by atoms with Gasteiger partial charge in [0, 0.05) is 0 Å². The minimum absolute atomic E-state index is 0.255. The van der Waals surface area contributed by atoms with Crippen molar-refractivity contribution in [3.8, 4) is 11.5 Å². The first-order valence-corrected chi connectivity index (χ1v) is 8.79. The van der Waals surface area contributed by atoms with Crippen molar-refractivity contribution >= 4 is 23.5 Å². The van der Waals surface area contributed by atoms with Gasteiger partial charge in [-0.1, -0.05) is 30.9 Å². The fourth-order valence-electron chi connectivity index (χ4n) is 2.56. The summed E-state index contributed by atoms with van der Waals surface area (Å²) in [5.41, 5.74) is -1.32. The molecule has 30 heavy (non-hydrogen) atoms. The van der Waals surface area contributed by atoms with E-state index in [2.05, 4.69) is 11.9 Å². The highest BCUT2D eigenvalue weighted by Gasteiger charge is 2.33. The molecular formula is C22H20F3NO4. The number of carbonyl (C=O) groups is 2. The van der Waals surface area contributed by atoms with Crippen molar-refractivity contribution < 1.29 is 32.2 Å². The molecule has 0 saturated heterocycles. The summed E-state index contributed by atoms with van der Waals surface area (Å²) >= 11 is 0. The van der Waals surface area contributed by atoms with Gasteiger partial charge in [0.25, 0.3) is 5.91 Å². The first-order chi connectivity index (χ1) is 14.2. The standard InChI is InChI=1S/C22H20F3NO4/c1-4-11-30-19-10-9-15(13-20(19)29-3)12-16(14(2)27)21(28)26-18-8-6-5-7-17(18)22(23,24)25/h4-10,12-13H,1,11H2,2-3H3,(H,26,28)/b16-12+. The SMILES string of the molecule is C=CCOc1ccc(/C=C(\C(C)=O)C(=O)Nc2ccccc2C(F)(F)F)cc1OC. The monoisotopic (exact) mass is 419 g/mol. The number of hydrogen-bond acceptors (Lipinski definition) is 4. The molecule has 0 radical (unpaired) electrons. The zero-order valence-electron chi connectivity index (χ0n) is 16.4. The van der Waals surface area contributed by atoms with Crippen LogP contribution in [0.5, 0.6) is 11.5 Å². The highest BCUT2D eigenvalue weighted by Crippen LogP contribution is 2.35. The second-order valence-corrected chi connectivity index (χ2v) is 6.12. The lowest BCUT2D eigenvalue weighted by atomic mass is 10.1. The third kappa shape index (κ3) is 5.73. The van der Waals surface area contributed by atoms with Crippen molar-refractivity contribution in [1.29, 1.82) is 0 Å². The van der Waals surface area contributed by atoms with E-state index in [4.69, 9.17) is 9.47 Å². The molecule has 0 aliphatic carbocycles. The number of alkyl halides is 3. The predicted octanol–water partition coefficient (Wildman–Crippen LogP) is 4.89. The lowest BCUT2D eigenvalue weighted by Gasteiger charge is -2.14. The Morgan fingerprint density at radius 2 is 1.83 bits per heavy atom. The molecule has 2 rings (SSSR count). The van der Waals surface area contributed by atoms with Crippen LogP contribution in [-0.4, -0.2) is 25.4 Å². The minimum atomic E-state index is -4.65. The average Bonchev–Trinajstić information content (AvgIpc) is 2.70. The van der Waals surface area contributed by atoms with Gasteiger partial charge in [0.15, 0.2) is 17.3 Å². The number of hydrogen-bond donors (Lipinski definition) is 1. The summed E-state index contributed by atoms with van der Waals surface area (Å²) in [5.74, 6) is -0.771. The Kier molecular flexibility index (Phi) is 7.41. The number of Topliss-reactive ketones (excluding diaryl/α,β-unsaturated/α-hetero) is 1. The molecule has 0 aromatic heterocycles. The van der Waals surface area contributed by atoms with Gasteiger partial charge in [-0.15, -0.1) is 0 Å². The fraction of sp³-hybridized carbons (Fsp3) is 0.182. The van der Waals surface area contributed by atoms with Crippen LogP contribution in [0.25, 0.3) is 6.08 Å². The van der Waals surface area contributed by atoms with Crippen LogP contribution in [0.1, 0.15) is 18.1 Å². The molecule has 0 heterocycles. The summed E-state index contributed by atoms with van der Waals surface area (Å²) in [7, 11) is 1.43.